The van der Waals surface area contributed by atoms with E-state index in [4.69, 9.17) is 19.2 Å². The monoisotopic (exact) mass is 577 g/mol. The second kappa shape index (κ2) is 15.0. The van der Waals surface area contributed by atoms with E-state index in [2.05, 4.69) is 27.4 Å². The maximum absolute atomic E-state index is 12.0. The molecule has 2 N–H and O–H groups in total. The summed E-state index contributed by atoms with van der Waals surface area (Å²) in [5.74, 6) is 3.13. The fourth-order valence-corrected chi connectivity index (χ4v) is 3.71. The molecular weight excluding hydrogens is 537 g/mol. The molecule has 2 rings (SSSR count). The van der Waals surface area contributed by atoms with E-state index < -0.39 is 0 Å². The molecular formula is C23H40IN5O4. The Morgan fingerprint density at radius 1 is 1.06 bits per heavy atom. The fourth-order valence-electron chi connectivity index (χ4n) is 3.71. The zero-order chi connectivity index (χ0) is 23.5. The lowest BCUT2D eigenvalue weighted by Crippen LogP contribution is -2.54. The summed E-state index contributed by atoms with van der Waals surface area (Å²) in [5.41, 5.74) is 0.969. The number of amides is 1. The molecule has 188 valence electrons. The van der Waals surface area contributed by atoms with E-state index in [0.29, 0.717) is 25.3 Å². The van der Waals surface area contributed by atoms with E-state index in [1.54, 1.807) is 21.3 Å². The van der Waals surface area contributed by atoms with E-state index in [-0.39, 0.29) is 35.9 Å². The van der Waals surface area contributed by atoms with Gasteiger partial charge >= 0.3 is 0 Å². The molecule has 10 heteroatoms. The molecule has 0 bridgehead atoms. The number of hydrogen-bond acceptors (Lipinski definition) is 6. The van der Waals surface area contributed by atoms with Crippen molar-refractivity contribution in [1.29, 1.82) is 0 Å². The van der Waals surface area contributed by atoms with E-state index >= 15 is 0 Å². The number of guanidine groups is 1. The predicted molar refractivity (Wildman–Crippen MR) is 142 cm³/mol. The highest BCUT2D eigenvalue weighted by Crippen LogP contribution is 2.34. The first-order valence-corrected chi connectivity index (χ1v) is 11.3. The van der Waals surface area contributed by atoms with Crippen LogP contribution in [0.3, 0.4) is 0 Å². The van der Waals surface area contributed by atoms with Gasteiger partial charge in [-0.25, -0.2) is 0 Å². The lowest BCUT2D eigenvalue weighted by atomic mass is 10.1. The number of carbonyl (C=O) groups is 1. The standard InChI is InChI=1S/C23H39N5O4.HI/c1-7-24-23(28-12-10-27(11-13-28)16-22(29)26-17(2)3)25-9-8-19-20(31-5)14-18(30-4)15-21(19)32-6;/h14-15,17H,7-13,16H2,1-6H3,(H,24,25)(H,26,29);1H. The summed E-state index contributed by atoms with van der Waals surface area (Å²) in [7, 11) is 4.91. The summed E-state index contributed by atoms with van der Waals surface area (Å²) in [6.45, 7) is 11.2. The zero-order valence-corrected chi connectivity index (χ0v) is 23.1. The topological polar surface area (TPSA) is 87.7 Å². The van der Waals surface area contributed by atoms with Crippen molar-refractivity contribution in [2.45, 2.75) is 33.2 Å². The van der Waals surface area contributed by atoms with Gasteiger partial charge in [0.1, 0.15) is 17.2 Å². The van der Waals surface area contributed by atoms with Gasteiger partial charge < -0.3 is 29.7 Å². The summed E-state index contributed by atoms with van der Waals surface area (Å²) in [6, 6.07) is 3.89. The second-order valence-electron chi connectivity index (χ2n) is 7.98. The molecule has 1 amide bonds. The van der Waals surface area contributed by atoms with Gasteiger partial charge in [-0.1, -0.05) is 0 Å². The van der Waals surface area contributed by atoms with Crippen molar-refractivity contribution in [3.63, 3.8) is 0 Å². The molecule has 0 aliphatic carbocycles. The van der Waals surface area contributed by atoms with Crippen LogP contribution in [0.25, 0.3) is 0 Å². The molecule has 33 heavy (non-hydrogen) atoms. The largest absolute Gasteiger partial charge is 0.496 e. The Labute approximate surface area is 215 Å². The number of carbonyl (C=O) groups excluding carboxylic acids is 1. The van der Waals surface area contributed by atoms with Gasteiger partial charge in [-0.15, -0.1) is 24.0 Å². The molecule has 1 aliphatic heterocycles. The molecule has 0 spiro atoms. The zero-order valence-electron chi connectivity index (χ0n) is 20.8. The van der Waals surface area contributed by atoms with Crippen LogP contribution in [0, 0.1) is 0 Å². The molecule has 1 saturated heterocycles. The van der Waals surface area contributed by atoms with Crippen LogP contribution in [0.4, 0.5) is 0 Å². The van der Waals surface area contributed by atoms with Crippen molar-refractivity contribution < 1.29 is 19.0 Å². The summed E-state index contributed by atoms with van der Waals surface area (Å²) in [6.07, 6.45) is 0.681. The number of piperazine rings is 1. The Hall–Kier alpha value is -1.95. The highest BCUT2D eigenvalue weighted by molar-refractivity contribution is 14.0. The highest BCUT2D eigenvalue weighted by Gasteiger charge is 2.21. The smallest absolute Gasteiger partial charge is 0.234 e. The molecule has 0 radical (unpaired) electrons. The number of aliphatic imine (C=N–C) groups is 1. The summed E-state index contributed by atoms with van der Waals surface area (Å²) < 4.78 is 16.4. The normalized spacial score (nSPS) is 14.5. The summed E-state index contributed by atoms with van der Waals surface area (Å²) >= 11 is 0. The lowest BCUT2D eigenvalue weighted by molar-refractivity contribution is -0.123. The van der Waals surface area contributed by atoms with Crippen LogP contribution in [0.15, 0.2) is 17.1 Å². The third-order valence-electron chi connectivity index (χ3n) is 5.26. The van der Waals surface area contributed by atoms with E-state index in [1.165, 1.54) is 0 Å². The molecule has 0 unspecified atom stereocenters. The first-order valence-electron chi connectivity index (χ1n) is 11.3. The van der Waals surface area contributed by atoms with Gasteiger partial charge in [-0.2, -0.15) is 0 Å². The third-order valence-corrected chi connectivity index (χ3v) is 5.26. The number of methoxy groups -OCH3 is 3. The number of benzene rings is 1. The third kappa shape index (κ3) is 9.07. The van der Waals surface area contributed by atoms with Crippen LogP contribution < -0.4 is 24.8 Å². The predicted octanol–water partition coefficient (Wildman–Crippen LogP) is 1.98. The van der Waals surface area contributed by atoms with Crippen molar-refractivity contribution in [2.75, 3.05) is 67.1 Å². The average Bonchev–Trinajstić information content (AvgIpc) is 2.78. The lowest BCUT2D eigenvalue weighted by Gasteiger charge is -2.36. The van der Waals surface area contributed by atoms with E-state index in [1.807, 2.05) is 26.0 Å². The van der Waals surface area contributed by atoms with Gasteiger partial charge in [0, 0.05) is 63.0 Å². The number of nitrogens with one attached hydrogen (secondary N) is 2. The van der Waals surface area contributed by atoms with Gasteiger partial charge in [-0.05, 0) is 27.2 Å². The SMILES string of the molecule is CCNC(=NCCc1c(OC)cc(OC)cc1OC)N1CCN(CC(=O)NC(C)C)CC1.I. The van der Waals surface area contributed by atoms with Gasteiger partial charge in [0.25, 0.3) is 0 Å². The first-order chi connectivity index (χ1) is 15.4. The van der Waals surface area contributed by atoms with Crippen molar-refractivity contribution in [3.05, 3.63) is 17.7 Å². The van der Waals surface area contributed by atoms with Crippen molar-refractivity contribution in [1.82, 2.24) is 20.4 Å². The second-order valence-corrected chi connectivity index (χ2v) is 7.98. The van der Waals surface area contributed by atoms with Crippen LogP contribution in [0.1, 0.15) is 26.3 Å². The molecule has 1 aromatic rings. The number of ether oxygens (including phenoxy) is 3. The molecule has 1 heterocycles. The Bertz CT molecular complexity index is 742. The summed E-state index contributed by atoms with van der Waals surface area (Å²) in [5, 5.41) is 6.35. The van der Waals surface area contributed by atoms with Crippen LogP contribution in [0.5, 0.6) is 17.2 Å². The van der Waals surface area contributed by atoms with Crippen molar-refractivity contribution in [2.24, 2.45) is 4.99 Å². The fraction of sp³-hybridized carbons (Fsp3) is 0.652. The van der Waals surface area contributed by atoms with Crippen molar-refractivity contribution >= 4 is 35.8 Å². The van der Waals surface area contributed by atoms with Gasteiger partial charge in [0.2, 0.25) is 5.91 Å². The molecule has 1 fully saturated rings. The number of hydrogen-bond donors (Lipinski definition) is 2. The maximum atomic E-state index is 12.0. The van der Waals surface area contributed by atoms with Crippen LogP contribution in [0.2, 0.25) is 0 Å². The van der Waals surface area contributed by atoms with Gasteiger partial charge in [0.15, 0.2) is 5.96 Å². The molecule has 0 saturated carbocycles. The minimum atomic E-state index is 0. The van der Waals surface area contributed by atoms with Crippen LogP contribution in [-0.4, -0.2) is 94.9 Å². The minimum Gasteiger partial charge on any atom is -0.496 e. The van der Waals surface area contributed by atoms with Crippen LogP contribution >= 0.6 is 24.0 Å². The van der Waals surface area contributed by atoms with Crippen molar-refractivity contribution in [3.8, 4) is 17.2 Å². The first kappa shape index (κ1) is 29.1. The molecule has 9 nitrogen and oxygen atoms in total. The Kier molecular flexibility index (Phi) is 13.3. The number of nitrogens with zero attached hydrogens (tertiary/aromatic N) is 3. The number of rotatable bonds is 10. The van der Waals surface area contributed by atoms with E-state index in [9.17, 15) is 4.79 Å². The minimum absolute atomic E-state index is 0. The highest BCUT2D eigenvalue weighted by atomic mass is 127. The van der Waals surface area contributed by atoms with Gasteiger partial charge in [-0.3, -0.25) is 14.7 Å². The maximum Gasteiger partial charge on any atom is 0.234 e. The van der Waals surface area contributed by atoms with Crippen LogP contribution in [-0.2, 0) is 11.2 Å². The van der Waals surface area contributed by atoms with E-state index in [0.717, 1.165) is 55.7 Å². The molecule has 1 aliphatic rings. The quantitative estimate of drug-likeness (QED) is 0.250. The number of halogens is 1. The van der Waals surface area contributed by atoms with Gasteiger partial charge in [0.05, 0.1) is 27.9 Å². The summed E-state index contributed by atoms with van der Waals surface area (Å²) in [4.78, 5) is 21.3. The molecule has 0 atom stereocenters. The Balaban J connectivity index is 0.00000544. The Morgan fingerprint density at radius 2 is 1.67 bits per heavy atom. The molecule has 1 aromatic carbocycles. The average molecular weight is 578 g/mol. The molecule has 0 aromatic heterocycles. The Morgan fingerprint density at radius 3 is 2.15 bits per heavy atom.